The molecule has 0 aromatic rings. The van der Waals surface area contributed by atoms with Crippen molar-refractivity contribution in [3.05, 3.63) is 0 Å². The highest BCUT2D eigenvalue weighted by Gasteiger charge is 2.26. The second-order valence-electron chi connectivity index (χ2n) is 4.88. The molecule has 5 heteroatoms. The number of likely N-dealkylation sites (tertiary alicyclic amines) is 1. The van der Waals surface area contributed by atoms with Crippen molar-refractivity contribution in [2.24, 2.45) is 0 Å². The second kappa shape index (κ2) is 5.98. The quantitative estimate of drug-likeness (QED) is 0.743. The summed E-state index contributed by atoms with van der Waals surface area (Å²) in [5.41, 5.74) is 0. The van der Waals surface area contributed by atoms with Gasteiger partial charge < -0.3 is 5.32 Å². The van der Waals surface area contributed by atoms with E-state index in [0.29, 0.717) is 6.04 Å². The van der Waals surface area contributed by atoms with Crippen LogP contribution < -0.4 is 5.32 Å². The molecule has 0 radical (unpaired) electrons. The summed E-state index contributed by atoms with van der Waals surface area (Å²) in [5, 5.41) is 3.49. The van der Waals surface area contributed by atoms with E-state index >= 15 is 0 Å². The van der Waals surface area contributed by atoms with Crippen LogP contribution in [0.25, 0.3) is 0 Å². The van der Waals surface area contributed by atoms with Crippen LogP contribution in [0.15, 0.2) is 0 Å². The fourth-order valence-corrected chi connectivity index (χ4v) is 3.33. The third-order valence-corrected chi connectivity index (χ3v) is 4.16. The minimum atomic E-state index is -2.86. The molecule has 1 rings (SSSR count). The summed E-state index contributed by atoms with van der Waals surface area (Å²) in [6, 6.07) is 0.686. The number of nitrogens with one attached hydrogen (secondary N) is 1. The molecule has 2 atom stereocenters. The monoisotopic (exact) mass is 248 g/mol. The lowest BCUT2D eigenvalue weighted by Gasteiger charge is -2.23. The van der Waals surface area contributed by atoms with Gasteiger partial charge in [0.1, 0.15) is 9.84 Å². The fraction of sp³-hybridized carbons (Fsp3) is 1.00. The molecule has 0 bridgehead atoms. The molecule has 1 aliphatic rings. The average Bonchev–Trinajstić information content (AvgIpc) is 2.60. The lowest BCUT2D eigenvalue weighted by atomic mass is 10.2. The molecule has 1 fully saturated rings. The van der Waals surface area contributed by atoms with Crippen LogP contribution in [0.2, 0.25) is 0 Å². The van der Waals surface area contributed by atoms with Gasteiger partial charge >= 0.3 is 0 Å². The summed E-state index contributed by atoms with van der Waals surface area (Å²) >= 11 is 0. The predicted octanol–water partition coefficient (Wildman–Crippen LogP) is 0.493. The Morgan fingerprint density at radius 2 is 2.19 bits per heavy atom. The summed E-state index contributed by atoms with van der Waals surface area (Å²) in [7, 11) is -2.86. The Kier molecular flexibility index (Phi) is 5.21. The lowest BCUT2D eigenvalue weighted by Crippen LogP contribution is -2.39. The van der Waals surface area contributed by atoms with Crippen molar-refractivity contribution in [3.8, 4) is 0 Å². The van der Waals surface area contributed by atoms with Crippen LogP contribution in [0.3, 0.4) is 0 Å². The van der Waals surface area contributed by atoms with Gasteiger partial charge in [-0.1, -0.05) is 6.92 Å². The van der Waals surface area contributed by atoms with Crippen molar-refractivity contribution in [2.75, 3.05) is 31.6 Å². The summed E-state index contributed by atoms with van der Waals surface area (Å²) in [6.07, 6.45) is 3.59. The van der Waals surface area contributed by atoms with E-state index in [1.54, 1.807) is 0 Å². The highest BCUT2D eigenvalue weighted by Crippen LogP contribution is 2.13. The van der Waals surface area contributed by atoms with Gasteiger partial charge in [0.25, 0.3) is 0 Å². The van der Waals surface area contributed by atoms with Crippen molar-refractivity contribution in [3.63, 3.8) is 0 Å². The Morgan fingerprint density at radius 3 is 2.75 bits per heavy atom. The van der Waals surface area contributed by atoms with E-state index in [4.69, 9.17) is 0 Å². The topological polar surface area (TPSA) is 49.4 Å². The van der Waals surface area contributed by atoms with E-state index in [1.807, 2.05) is 6.92 Å². The highest BCUT2D eigenvalue weighted by molar-refractivity contribution is 7.90. The molecule has 4 nitrogen and oxygen atoms in total. The zero-order valence-corrected chi connectivity index (χ0v) is 11.4. The zero-order valence-electron chi connectivity index (χ0n) is 10.6. The molecule has 1 saturated heterocycles. The van der Waals surface area contributed by atoms with E-state index in [2.05, 4.69) is 17.1 Å². The Labute approximate surface area is 99.3 Å². The molecule has 0 saturated carbocycles. The minimum Gasteiger partial charge on any atom is -0.313 e. The van der Waals surface area contributed by atoms with E-state index in [-0.39, 0.29) is 11.8 Å². The van der Waals surface area contributed by atoms with E-state index in [0.717, 1.165) is 32.5 Å². The van der Waals surface area contributed by atoms with Crippen molar-refractivity contribution in [1.82, 2.24) is 10.2 Å². The molecule has 1 aliphatic heterocycles. The summed E-state index contributed by atoms with van der Waals surface area (Å²) in [5.74, 6) is 0.271. The summed E-state index contributed by atoms with van der Waals surface area (Å²) < 4.78 is 22.4. The largest absolute Gasteiger partial charge is 0.313 e. The SMILES string of the molecule is CCCNC1CCN(C(C)CS(C)(=O)=O)C1. The molecule has 0 spiro atoms. The molecule has 2 unspecified atom stereocenters. The summed E-state index contributed by atoms with van der Waals surface area (Å²) in [4.78, 5) is 2.27. The van der Waals surface area contributed by atoms with Gasteiger partial charge in [-0.2, -0.15) is 0 Å². The van der Waals surface area contributed by atoms with Crippen molar-refractivity contribution >= 4 is 9.84 Å². The van der Waals surface area contributed by atoms with Gasteiger partial charge in [0, 0.05) is 31.4 Å². The first-order valence-corrected chi connectivity index (χ1v) is 8.13. The first kappa shape index (κ1) is 13.9. The second-order valence-corrected chi connectivity index (χ2v) is 7.06. The highest BCUT2D eigenvalue weighted by atomic mass is 32.2. The molecule has 1 heterocycles. The first-order chi connectivity index (χ1) is 7.42. The van der Waals surface area contributed by atoms with Gasteiger partial charge in [0.2, 0.25) is 0 Å². The van der Waals surface area contributed by atoms with Crippen molar-refractivity contribution < 1.29 is 8.42 Å². The molecule has 1 N–H and O–H groups in total. The van der Waals surface area contributed by atoms with Crippen LogP contribution in [0.1, 0.15) is 26.7 Å². The molecular weight excluding hydrogens is 224 g/mol. The maximum atomic E-state index is 11.2. The van der Waals surface area contributed by atoms with Gasteiger partial charge in [0.05, 0.1) is 5.75 Å². The number of rotatable bonds is 6. The van der Waals surface area contributed by atoms with E-state index < -0.39 is 9.84 Å². The zero-order chi connectivity index (χ0) is 12.2. The third kappa shape index (κ3) is 4.80. The van der Waals surface area contributed by atoms with Crippen molar-refractivity contribution in [2.45, 2.75) is 38.8 Å². The molecule has 96 valence electrons. The fourth-order valence-electron chi connectivity index (χ4n) is 2.25. The first-order valence-electron chi connectivity index (χ1n) is 6.07. The maximum absolute atomic E-state index is 11.2. The van der Waals surface area contributed by atoms with Crippen LogP contribution >= 0.6 is 0 Å². The molecule has 0 aromatic carbocycles. The third-order valence-electron chi connectivity index (χ3n) is 3.07. The Balaban J connectivity index is 2.35. The standard InChI is InChI=1S/C11H24N2O2S/c1-4-6-12-11-5-7-13(8-11)10(2)9-16(3,14)15/h10-12H,4-9H2,1-3H3. The number of hydrogen-bond donors (Lipinski definition) is 1. The molecule has 0 amide bonds. The summed E-state index contributed by atoms with van der Waals surface area (Å²) in [6.45, 7) is 7.21. The van der Waals surface area contributed by atoms with Gasteiger partial charge in [-0.25, -0.2) is 8.42 Å². The normalized spacial score (nSPS) is 24.8. The van der Waals surface area contributed by atoms with Gasteiger partial charge in [0.15, 0.2) is 0 Å². The molecule has 0 aromatic heterocycles. The van der Waals surface area contributed by atoms with Gasteiger partial charge in [-0.3, -0.25) is 4.90 Å². The van der Waals surface area contributed by atoms with Crippen LogP contribution in [0.5, 0.6) is 0 Å². The average molecular weight is 248 g/mol. The minimum absolute atomic E-state index is 0.142. The van der Waals surface area contributed by atoms with Crippen LogP contribution in [0, 0.1) is 0 Å². The molecular formula is C11H24N2O2S. The van der Waals surface area contributed by atoms with E-state index in [9.17, 15) is 8.42 Å². The number of sulfone groups is 1. The van der Waals surface area contributed by atoms with Crippen molar-refractivity contribution in [1.29, 1.82) is 0 Å². The van der Waals surface area contributed by atoms with E-state index in [1.165, 1.54) is 6.26 Å². The Hall–Kier alpha value is -0.130. The van der Waals surface area contributed by atoms with Gasteiger partial charge in [-0.05, 0) is 26.3 Å². The van der Waals surface area contributed by atoms with Crippen LogP contribution in [-0.4, -0.2) is 57.0 Å². The smallest absolute Gasteiger partial charge is 0.148 e. The molecule has 16 heavy (non-hydrogen) atoms. The Morgan fingerprint density at radius 1 is 1.50 bits per heavy atom. The number of hydrogen-bond acceptors (Lipinski definition) is 4. The maximum Gasteiger partial charge on any atom is 0.148 e. The number of nitrogens with zero attached hydrogens (tertiary/aromatic N) is 1. The molecule has 0 aliphatic carbocycles. The van der Waals surface area contributed by atoms with Gasteiger partial charge in [-0.15, -0.1) is 0 Å². The lowest BCUT2D eigenvalue weighted by molar-refractivity contribution is 0.270. The predicted molar refractivity (Wildman–Crippen MR) is 67.4 cm³/mol. The Bertz CT molecular complexity index is 303. The van der Waals surface area contributed by atoms with Crippen LogP contribution in [-0.2, 0) is 9.84 Å². The van der Waals surface area contributed by atoms with Crippen LogP contribution in [0.4, 0.5) is 0 Å².